The largest absolute Gasteiger partial charge is 0.397 e. The van der Waals surface area contributed by atoms with Crippen molar-refractivity contribution in [1.82, 2.24) is 10.3 Å². The molecule has 0 aromatic carbocycles. The first-order chi connectivity index (χ1) is 10.3. The maximum atomic E-state index is 12.2. The topological polar surface area (TPSA) is 77.2 Å². The molecule has 1 aliphatic carbocycles. The highest BCUT2D eigenvalue weighted by Crippen LogP contribution is 2.31. The van der Waals surface area contributed by atoms with Crippen LogP contribution in [-0.4, -0.2) is 30.1 Å². The van der Waals surface area contributed by atoms with Crippen LogP contribution in [0.5, 0.6) is 0 Å². The number of anilines is 1. The molecule has 3 rings (SSSR count). The molecule has 2 aromatic heterocycles. The molecule has 1 fully saturated rings. The summed E-state index contributed by atoms with van der Waals surface area (Å²) in [4.78, 5) is 17.7. The number of fused-ring (bicyclic) bond motifs is 1. The Kier molecular flexibility index (Phi) is 4.36. The number of aromatic nitrogens is 1. The van der Waals surface area contributed by atoms with Crippen LogP contribution >= 0.6 is 11.3 Å². The van der Waals surface area contributed by atoms with Gasteiger partial charge in [-0.15, -0.1) is 11.3 Å². The fraction of sp³-hybridized carbons (Fsp3) is 0.467. The standard InChI is InChI=1S/C15H19N3O2S/c16-12-11-6-3-7-18-15(11)21-13(12)14(19)17-8-9-20-10-4-1-2-5-10/h3,6-7,10H,1-2,4-5,8-9,16H2,(H,17,19). The summed E-state index contributed by atoms with van der Waals surface area (Å²) in [6, 6.07) is 3.71. The van der Waals surface area contributed by atoms with E-state index in [1.54, 1.807) is 6.20 Å². The molecule has 21 heavy (non-hydrogen) atoms. The molecule has 0 unspecified atom stereocenters. The van der Waals surface area contributed by atoms with Gasteiger partial charge < -0.3 is 15.8 Å². The van der Waals surface area contributed by atoms with E-state index in [2.05, 4.69) is 10.3 Å². The Morgan fingerprint density at radius 3 is 3.05 bits per heavy atom. The van der Waals surface area contributed by atoms with E-state index in [1.165, 1.54) is 24.2 Å². The van der Waals surface area contributed by atoms with Crippen LogP contribution in [0.15, 0.2) is 18.3 Å². The second-order valence-corrected chi connectivity index (χ2v) is 6.23. The van der Waals surface area contributed by atoms with Crippen LogP contribution in [-0.2, 0) is 4.74 Å². The van der Waals surface area contributed by atoms with E-state index >= 15 is 0 Å². The van der Waals surface area contributed by atoms with Gasteiger partial charge in [0.1, 0.15) is 9.71 Å². The SMILES string of the molecule is Nc1c(C(=O)NCCOC2CCCC2)sc2ncccc12. The average Bonchev–Trinajstić information content (AvgIpc) is 3.12. The lowest BCUT2D eigenvalue weighted by Gasteiger charge is -2.11. The van der Waals surface area contributed by atoms with E-state index in [0.29, 0.717) is 29.8 Å². The van der Waals surface area contributed by atoms with Gasteiger partial charge in [0.15, 0.2) is 0 Å². The van der Waals surface area contributed by atoms with E-state index in [9.17, 15) is 4.79 Å². The van der Waals surface area contributed by atoms with Crippen LogP contribution < -0.4 is 11.1 Å². The minimum Gasteiger partial charge on any atom is -0.397 e. The molecule has 0 spiro atoms. The Hall–Kier alpha value is -1.66. The molecular formula is C15H19N3O2S. The predicted molar refractivity (Wildman–Crippen MR) is 84.6 cm³/mol. The molecule has 0 radical (unpaired) electrons. The molecule has 1 aliphatic rings. The quantitative estimate of drug-likeness (QED) is 0.832. The van der Waals surface area contributed by atoms with E-state index in [-0.39, 0.29) is 5.91 Å². The molecule has 5 nitrogen and oxygen atoms in total. The lowest BCUT2D eigenvalue weighted by molar-refractivity contribution is 0.0582. The van der Waals surface area contributed by atoms with Gasteiger partial charge in [0, 0.05) is 18.1 Å². The van der Waals surface area contributed by atoms with Crippen molar-refractivity contribution >= 4 is 33.1 Å². The summed E-state index contributed by atoms with van der Waals surface area (Å²) in [5.74, 6) is -0.148. The van der Waals surface area contributed by atoms with Crippen molar-refractivity contribution in [3.63, 3.8) is 0 Å². The number of rotatable bonds is 5. The predicted octanol–water partition coefficient (Wildman–Crippen LogP) is 2.57. The minimum absolute atomic E-state index is 0.148. The molecule has 0 saturated heterocycles. The lowest BCUT2D eigenvalue weighted by atomic mass is 10.2. The second kappa shape index (κ2) is 6.41. The zero-order chi connectivity index (χ0) is 14.7. The Bertz CT molecular complexity index is 635. The number of nitrogen functional groups attached to an aromatic ring is 1. The maximum absolute atomic E-state index is 12.2. The Morgan fingerprint density at radius 1 is 1.48 bits per heavy atom. The Balaban J connectivity index is 1.55. The number of hydrogen-bond acceptors (Lipinski definition) is 5. The molecule has 6 heteroatoms. The molecule has 112 valence electrons. The van der Waals surface area contributed by atoms with Gasteiger partial charge >= 0.3 is 0 Å². The van der Waals surface area contributed by atoms with Crippen molar-refractivity contribution in [2.45, 2.75) is 31.8 Å². The molecule has 3 N–H and O–H groups in total. The van der Waals surface area contributed by atoms with E-state index in [1.807, 2.05) is 12.1 Å². The van der Waals surface area contributed by atoms with Gasteiger partial charge in [-0.25, -0.2) is 4.98 Å². The number of thiophene rings is 1. The third-order valence-corrected chi connectivity index (χ3v) is 4.88. The monoisotopic (exact) mass is 305 g/mol. The zero-order valence-corrected chi connectivity index (χ0v) is 12.6. The average molecular weight is 305 g/mol. The maximum Gasteiger partial charge on any atom is 0.263 e. The van der Waals surface area contributed by atoms with Crippen LogP contribution in [0.3, 0.4) is 0 Å². The van der Waals surface area contributed by atoms with E-state index < -0.39 is 0 Å². The van der Waals surface area contributed by atoms with Gasteiger partial charge in [-0.3, -0.25) is 4.79 Å². The van der Waals surface area contributed by atoms with Crippen molar-refractivity contribution in [2.24, 2.45) is 0 Å². The zero-order valence-electron chi connectivity index (χ0n) is 11.8. The first-order valence-electron chi connectivity index (χ1n) is 7.28. The van der Waals surface area contributed by atoms with Crippen LogP contribution in [0, 0.1) is 0 Å². The van der Waals surface area contributed by atoms with Crippen molar-refractivity contribution in [1.29, 1.82) is 0 Å². The molecule has 1 amide bonds. The molecule has 2 aromatic rings. The lowest BCUT2D eigenvalue weighted by Crippen LogP contribution is -2.28. The summed E-state index contributed by atoms with van der Waals surface area (Å²) in [5, 5.41) is 3.71. The molecule has 2 heterocycles. The van der Waals surface area contributed by atoms with Gasteiger partial charge in [-0.1, -0.05) is 12.8 Å². The summed E-state index contributed by atoms with van der Waals surface area (Å²) in [5.41, 5.74) is 6.53. The van der Waals surface area contributed by atoms with Crippen molar-refractivity contribution < 1.29 is 9.53 Å². The number of hydrogen-bond donors (Lipinski definition) is 2. The third-order valence-electron chi connectivity index (χ3n) is 3.75. The number of ether oxygens (including phenoxy) is 1. The smallest absolute Gasteiger partial charge is 0.263 e. The summed E-state index contributed by atoms with van der Waals surface area (Å²) in [6.07, 6.45) is 6.87. The molecular weight excluding hydrogens is 286 g/mol. The fourth-order valence-electron chi connectivity index (χ4n) is 2.65. The normalized spacial score (nSPS) is 15.6. The number of nitrogens with zero attached hydrogens (tertiary/aromatic N) is 1. The first kappa shape index (κ1) is 14.3. The number of pyridine rings is 1. The third kappa shape index (κ3) is 3.16. The minimum atomic E-state index is -0.148. The fourth-order valence-corrected chi connectivity index (χ4v) is 3.62. The number of carbonyl (C=O) groups is 1. The van der Waals surface area contributed by atoms with E-state index in [0.717, 1.165) is 23.1 Å². The van der Waals surface area contributed by atoms with Crippen molar-refractivity contribution in [2.75, 3.05) is 18.9 Å². The van der Waals surface area contributed by atoms with Crippen LogP contribution in [0.4, 0.5) is 5.69 Å². The summed E-state index contributed by atoms with van der Waals surface area (Å²) in [6.45, 7) is 1.07. The first-order valence-corrected chi connectivity index (χ1v) is 8.10. The summed E-state index contributed by atoms with van der Waals surface area (Å²) >= 11 is 1.33. The van der Waals surface area contributed by atoms with Crippen LogP contribution in [0.2, 0.25) is 0 Å². The van der Waals surface area contributed by atoms with Crippen molar-refractivity contribution in [3.05, 3.63) is 23.2 Å². The molecule has 0 bridgehead atoms. The number of carbonyl (C=O) groups excluding carboxylic acids is 1. The Morgan fingerprint density at radius 2 is 2.29 bits per heavy atom. The van der Waals surface area contributed by atoms with Gasteiger partial charge in [-0.2, -0.15) is 0 Å². The highest BCUT2D eigenvalue weighted by molar-refractivity contribution is 7.21. The second-order valence-electron chi connectivity index (χ2n) is 5.23. The van der Waals surface area contributed by atoms with Gasteiger partial charge in [0.05, 0.1) is 18.4 Å². The van der Waals surface area contributed by atoms with Crippen LogP contribution in [0.25, 0.3) is 10.2 Å². The van der Waals surface area contributed by atoms with Crippen LogP contribution in [0.1, 0.15) is 35.4 Å². The van der Waals surface area contributed by atoms with Gasteiger partial charge in [-0.05, 0) is 25.0 Å². The summed E-state index contributed by atoms with van der Waals surface area (Å²) < 4.78 is 5.72. The van der Waals surface area contributed by atoms with Gasteiger partial charge in [0.2, 0.25) is 0 Å². The highest BCUT2D eigenvalue weighted by Gasteiger charge is 2.17. The van der Waals surface area contributed by atoms with Gasteiger partial charge in [0.25, 0.3) is 5.91 Å². The number of amides is 1. The number of nitrogens with two attached hydrogens (primary N) is 1. The molecule has 0 aliphatic heterocycles. The highest BCUT2D eigenvalue weighted by atomic mass is 32.1. The molecule has 1 saturated carbocycles. The molecule has 0 atom stereocenters. The Labute approximate surface area is 127 Å². The van der Waals surface area contributed by atoms with E-state index in [4.69, 9.17) is 10.5 Å². The number of nitrogens with one attached hydrogen (secondary N) is 1. The summed E-state index contributed by atoms with van der Waals surface area (Å²) in [7, 11) is 0. The van der Waals surface area contributed by atoms with Crippen molar-refractivity contribution in [3.8, 4) is 0 Å².